The minimum Gasteiger partial charge on any atom is -0.495 e. The van der Waals surface area contributed by atoms with E-state index in [9.17, 15) is 13.2 Å². The molecule has 0 aliphatic heterocycles. The summed E-state index contributed by atoms with van der Waals surface area (Å²) in [6.07, 6.45) is 0. The number of para-hydroxylation sites is 1. The van der Waals surface area contributed by atoms with Crippen molar-refractivity contribution in [1.29, 1.82) is 0 Å². The van der Waals surface area contributed by atoms with Crippen molar-refractivity contribution in [2.24, 2.45) is 0 Å². The Labute approximate surface area is 244 Å². The molecule has 1 N–H and O–H groups in total. The number of hydrogen-bond donors (Lipinski definition) is 1. The Bertz CT molecular complexity index is 1880. The Morgan fingerprint density at radius 2 is 1.61 bits per heavy atom. The number of hydrogen-bond acceptors (Lipinski definition) is 5. The zero-order chi connectivity index (χ0) is 29.3. The fourth-order valence-electron chi connectivity index (χ4n) is 5.03. The van der Waals surface area contributed by atoms with Gasteiger partial charge in [-0.15, -0.1) is 0 Å². The highest BCUT2D eigenvalue weighted by molar-refractivity contribution is 7.93. The molecule has 5 rings (SSSR count). The van der Waals surface area contributed by atoms with Gasteiger partial charge in [0, 0.05) is 34.0 Å². The third kappa shape index (κ3) is 5.30. The Balaban J connectivity index is 1.53. The predicted octanol–water partition coefficient (Wildman–Crippen LogP) is 6.63. The fourth-order valence-corrected chi connectivity index (χ4v) is 6.94. The lowest BCUT2D eigenvalue weighted by Gasteiger charge is -2.25. The second-order valence-electron chi connectivity index (χ2n) is 9.53. The quantitative estimate of drug-likeness (QED) is 0.208. The first-order chi connectivity index (χ1) is 19.7. The molecule has 1 aromatic heterocycles. The van der Waals surface area contributed by atoms with Crippen LogP contribution in [0.15, 0.2) is 83.8 Å². The van der Waals surface area contributed by atoms with Crippen molar-refractivity contribution in [3.8, 4) is 11.5 Å². The summed E-state index contributed by atoms with van der Waals surface area (Å²) in [6.45, 7) is 4.17. The van der Waals surface area contributed by atoms with Gasteiger partial charge in [0.05, 0.1) is 24.9 Å². The van der Waals surface area contributed by atoms with E-state index in [0.29, 0.717) is 11.4 Å². The molecule has 5 aromatic rings. The summed E-state index contributed by atoms with van der Waals surface area (Å²) in [6, 6.07) is 23.2. The average molecular weight is 592 g/mol. The van der Waals surface area contributed by atoms with E-state index in [2.05, 4.69) is 22.9 Å². The second kappa shape index (κ2) is 11.3. The van der Waals surface area contributed by atoms with Gasteiger partial charge in [-0.3, -0.25) is 9.10 Å². The van der Waals surface area contributed by atoms with Crippen LogP contribution in [0.1, 0.15) is 12.5 Å². The fraction of sp³-hybridized carbons (Fsp3) is 0.194. The first-order valence-corrected chi connectivity index (χ1v) is 14.8. The van der Waals surface area contributed by atoms with Gasteiger partial charge in [0.25, 0.3) is 10.0 Å². The van der Waals surface area contributed by atoms with Gasteiger partial charge in [-0.05, 0) is 74.0 Å². The molecule has 0 bridgehead atoms. The van der Waals surface area contributed by atoms with Gasteiger partial charge in [-0.2, -0.15) is 0 Å². The van der Waals surface area contributed by atoms with Crippen molar-refractivity contribution in [2.75, 3.05) is 30.4 Å². The van der Waals surface area contributed by atoms with Crippen molar-refractivity contribution in [1.82, 2.24) is 4.57 Å². The molecule has 0 aliphatic rings. The molecule has 10 heteroatoms. The largest absolute Gasteiger partial charge is 0.495 e. The van der Waals surface area contributed by atoms with E-state index in [0.717, 1.165) is 38.2 Å². The van der Waals surface area contributed by atoms with E-state index in [-0.39, 0.29) is 21.4 Å². The van der Waals surface area contributed by atoms with Crippen LogP contribution in [0.2, 0.25) is 5.02 Å². The van der Waals surface area contributed by atoms with E-state index in [4.69, 9.17) is 21.1 Å². The molecule has 0 radical (unpaired) electrons. The molecule has 0 atom stereocenters. The summed E-state index contributed by atoms with van der Waals surface area (Å²) in [7, 11) is -1.39. The molecule has 0 spiro atoms. The number of aromatic nitrogens is 1. The highest BCUT2D eigenvalue weighted by Crippen LogP contribution is 2.35. The van der Waals surface area contributed by atoms with Crippen LogP contribution in [0.5, 0.6) is 11.5 Å². The number of carbonyl (C=O) groups excluding carboxylic acids is 1. The summed E-state index contributed by atoms with van der Waals surface area (Å²) in [5, 5.41) is 5.16. The Hall–Kier alpha value is -4.21. The topological polar surface area (TPSA) is 89.9 Å². The number of carbonyl (C=O) groups is 1. The predicted molar refractivity (Wildman–Crippen MR) is 164 cm³/mol. The first kappa shape index (κ1) is 28.3. The number of anilines is 2. The number of aryl methyl sites for hydroxylation is 2. The molecule has 0 fully saturated rings. The number of rotatable bonds is 9. The number of nitrogens with one attached hydrogen (secondary N) is 1. The number of amides is 1. The lowest BCUT2D eigenvalue weighted by molar-refractivity contribution is -0.114. The monoisotopic (exact) mass is 591 g/mol. The van der Waals surface area contributed by atoms with Crippen molar-refractivity contribution in [2.45, 2.75) is 25.3 Å². The molecule has 41 heavy (non-hydrogen) atoms. The zero-order valence-corrected chi connectivity index (χ0v) is 24.7. The molecular formula is C31H30ClN3O5S. The van der Waals surface area contributed by atoms with Gasteiger partial charge >= 0.3 is 0 Å². The summed E-state index contributed by atoms with van der Waals surface area (Å²) in [5.74, 6) is 0.0222. The highest BCUT2D eigenvalue weighted by Gasteiger charge is 2.31. The molecule has 4 aromatic carbocycles. The van der Waals surface area contributed by atoms with Gasteiger partial charge in [-0.1, -0.05) is 35.9 Å². The Kier molecular flexibility index (Phi) is 7.84. The van der Waals surface area contributed by atoms with E-state index >= 15 is 0 Å². The van der Waals surface area contributed by atoms with Crippen LogP contribution in [0, 0.1) is 6.92 Å². The molecule has 212 valence electrons. The standard InChI is InChI=1S/C31H30ClN3O5S/c1-5-34-26-9-7-6-8-23(26)24-17-21(11-13-27(24)34)33-31(36)19-35(22-12-15-28(39-3)25(32)18-22)41(37,38)30-16-20(2)10-14-29(30)40-4/h6-18H,5,19H2,1-4H3,(H,33,36). The van der Waals surface area contributed by atoms with E-state index in [1.165, 1.54) is 26.4 Å². The van der Waals surface area contributed by atoms with Crippen LogP contribution in [0.25, 0.3) is 21.8 Å². The molecular weight excluding hydrogens is 562 g/mol. The van der Waals surface area contributed by atoms with E-state index in [1.807, 2.05) is 36.4 Å². The van der Waals surface area contributed by atoms with Crippen LogP contribution >= 0.6 is 11.6 Å². The van der Waals surface area contributed by atoms with Crippen LogP contribution < -0.4 is 19.1 Å². The highest BCUT2D eigenvalue weighted by atomic mass is 35.5. The molecule has 8 nitrogen and oxygen atoms in total. The third-order valence-electron chi connectivity index (χ3n) is 6.97. The van der Waals surface area contributed by atoms with Gasteiger partial charge in [0.1, 0.15) is 22.9 Å². The molecule has 1 amide bonds. The van der Waals surface area contributed by atoms with Crippen molar-refractivity contribution in [3.63, 3.8) is 0 Å². The minimum atomic E-state index is -4.26. The van der Waals surface area contributed by atoms with Gasteiger partial charge in [-0.25, -0.2) is 8.42 Å². The maximum atomic E-state index is 14.1. The summed E-state index contributed by atoms with van der Waals surface area (Å²) in [4.78, 5) is 13.4. The molecule has 0 aliphatic carbocycles. The smallest absolute Gasteiger partial charge is 0.268 e. The van der Waals surface area contributed by atoms with Gasteiger partial charge in [0.15, 0.2) is 0 Å². The average Bonchev–Trinajstić information content (AvgIpc) is 3.28. The summed E-state index contributed by atoms with van der Waals surface area (Å²) in [5.41, 5.74) is 3.64. The van der Waals surface area contributed by atoms with Gasteiger partial charge < -0.3 is 19.4 Å². The Morgan fingerprint density at radius 3 is 2.32 bits per heavy atom. The number of ether oxygens (including phenoxy) is 2. The number of halogens is 1. The first-order valence-electron chi connectivity index (χ1n) is 13.0. The molecule has 0 saturated heterocycles. The van der Waals surface area contributed by atoms with Crippen LogP contribution in [0.3, 0.4) is 0 Å². The normalized spacial score (nSPS) is 11.5. The summed E-state index contributed by atoms with van der Waals surface area (Å²) >= 11 is 6.36. The van der Waals surface area contributed by atoms with Crippen LogP contribution in [-0.2, 0) is 21.4 Å². The van der Waals surface area contributed by atoms with E-state index in [1.54, 1.807) is 31.2 Å². The lowest BCUT2D eigenvalue weighted by atomic mass is 10.1. The number of nitrogens with zero attached hydrogens (tertiary/aromatic N) is 2. The van der Waals surface area contributed by atoms with Crippen molar-refractivity contribution >= 4 is 60.7 Å². The lowest BCUT2D eigenvalue weighted by Crippen LogP contribution is -2.38. The van der Waals surface area contributed by atoms with E-state index < -0.39 is 22.5 Å². The maximum Gasteiger partial charge on any atom is 0.268 e. The van der Waals surface area contributed by atoms with Crippen molar-refractivity contribution in [3.05, 3.63) is 89.4 Å². The van der Waals surface area contributed by atoms with Crippen LogP contribution in [0.4, 0.5) is 11.4 Å². The Morgan fingerprint density at radius 1 is 0.902 bits per heavy atom. The number of methoxy groups -OCH3 is 2. The molecule has 0 unspecified atom stereocenters. The zero-order valence-electron chi connectivity index (χ0n) is 23.1. The number of benzene rings is 4. The number of fused-ring (bicyclic) bond motifs is 3. The summed E-state index contributed by atoms with van der Waals surface area (Å²) < 4.78 is 42.0. The number of sulfonamides is 1. The molecule has 1 heterocycles. The SMILES string of the molecule is CCn1c2ccccc2c2cc(NC(=O)CN(c3ccc(OC)c(Cl)c3)S(=O)(=O)c3cc(C)ccc3OC)ccc21. The van der Waals surface area contributed by atoms with Crippen LogP contribution in [-0.4, -0.2) is 39.7 Å². The second-order valence-corrected chi connectivity index (χ2v) is 11.8. The third-order valence-corrected chi connectivity index (χ3v) is 9.06. The maximum absolute atomic E-state index is 14.1. The minimum absolute atomic E-state index is 0.0615. The van der Waals surface area contributed by atoms with Crippen molar-refractivity contribution < 1.29 is 22.7 Å². The van der Waals surface area contributed by atoms with Gasteiger partial charge in [0.2, 0.25) is 5.91 Å². The molecule has 0 saturated carbocycles.